The lowest BCUT2D eigenvalue weighted by Crippen LogP contribution is -2.15. The summed E-state index contributed by atoms with van der Waals surface area (Å²) in [7, 11) is 1.59. The fourth-order valence-electron chi connectivity index (χ4n) is 2.58. The van der Waals surface area contributed by atoms with Crippen LogP contribution in [0.2, 0.25) is 0 Å². The number of methoxy groups -OCH3 is 1. The summed E-state index contributed by atoms with van der Waals surface area (Å²) in [4.78, 5) is 19.4. The third kappa shape index (κ3) is 2.89. The van der Waals surface area contributed by atoms with E-state index in [0.717, 1.165) is 11.3 Å². The van der Waals surface area contributed by atoms with Crippen molar-refractivity contribution < 1.29 is 9.66 Å². The minimum atomic E-state index is -0.526. The molecule has 0 saturated heterocycles. The predicted molar refractivity (Wildman–Crippen MR) is 90.0 cm³/mol. The van der Waals surface area contributed by atoms with Crippen LogP contribution in [0.3, 0.4) is 0 Å². The standard InChI is InChI=1S/C17H16N4O3/c1-10-19-15-8-5-12(21(22)23)9-14(15)17(20-10)16(18)11-3-6-13(24-2)7-4-11/h3-9,16H,18H2,1-2H3. The fraction of sp³-hybridized carbons (Fsp3) is 0.176. The number of nitrogens with zero attached hydrogens (tertiary/aromatic N) is 3. The Morgan fingerprint density at radius 2 is 1.88 bits per heavy atom. The number of fused-ring (bicyclic) bond motifs is 1. The van der Waals surface area contributed by atoms with Crippen LogP contribution in [-0.4, -0.2) is 22.0 Å². The quantitative estimate of drug-likeness (QED) is 0.584. The van der Waals surface area contributed by atoms with Crippen LogP contribution >= 0.6 is 0 Å². The number of nitrogens with two attached hydrogens (primary N) is 1. The number of ether oxygens (including phenoxy) is 1. The topological polar surface area (TPSA) is 104 Å². The fourth-order valence-corrected chi connectivity index (χ4v) is 2.58. The lowest BCUT2D eigenvalue weighted by atomic mass is 10.0. The molecule has 7 nitrogen and oxygen atoms in total. The smallest absolute Gasteiger partial charge is 0.270 e. The first-order valence-corrected chi connectivity index (χ1v) is 7.32. The highest BCUT2D eigenvalue weighted by atomic mass is 16.6. The van der Waals surface area contributed by atoms with E-state index >= 15 is 0 Å². The summed E-state index contributed by atoms with van der Waals surface area (Å²) in [5.74, 6) is 1.29. The van der Waals surface area contributed by atoms with Crippen molar-refractivity contribution in [3.8, 4) is 5.75 Å². The average molecular weight is 324 g/mol. The number of benzene rings is 2. The van der Waals surface area contributed by atoms with E-state index in [9.17, 15) is 10.1 Å². The van der Waals surface area contributed by atoms with Crippen LogP contribution in [0.4, 0.5) is 5.69 Å². The molecule has 24 heavy (non-hydrogen) atoms. The van der Waals surface area contributed by atoms with Gasteiger partial charge in [-0.1, -0.05) is 12.1 Å². The van der Waals surface area contributed by atoms with Crippen molar-refractivity contribution >= 4 is 16.6 Å². The van der Waals surface area contributed by atoms with Crippen molar-refractivity contribution in [3.63, 3.8) is 0 Å². The number of aromatic nitrogens is 2. The summed E-state index contributed by atoms with van der Waals surface area (Å²) in [5.41, 5.74) is 8.38. The highest BCUT2D eigenvalue weighted by Gasteiger charge is 2.18. The van der Waals surface area contributed by atoms with Gasteiger partial charge in [0.15, 0.2) is 0 Å². The molecule has 1 aromatic heterocycles. The van der Waals surface area contributed by atoms with Crippen molar-refractivity contribution in [2.45, 2.75) is 13.0 Å². The molecule has 0 aliphatic rings. The SMILES string of the molecule is COc1ccc(C(N)c2nc(C)nc3ccc([N+](=O)[O-])cc23)cc1. The monoisotopic (exact) mass is 324 g/mol. The van der Waals surface area contributed by atoms with Gasteiger partial charge in [0.2, 0.25) is 0 Å². The third-order valence-corrected chi connectivity index (χ3v) is 3.80. The maximum Gasteiger partial charge on any atom is 0.270 e. The lowest BCUT2D eigenvalue weighted by molar-refractivity contribution is -0.384. The van der Waals surface area contributed by atoms with Crippen molar-refractivity contribution in [2.24, 2.45) is 5.73 Å². The zero-order valence-electron chi connectivity index (χ0n) is 13.3. The van der Waals surface area contributed by atoms with Gasteiger partial charge in [-0.15, -0.1) is 0 Å². The van der Waals surface area contributed by atoms with Crippen molar-refractivity contribution in [3.05, 3.63) is 69.7 Å². The second kappa shape index (κ2) is 6.21. The van der Waals surface area contributed by atoms with Crippen LogP contribution in [0.25, 0.3) is 10.9 Å². The second-order valence-corrected chi connectivity index (χ2v) is 5.37. The van der Waals surface area contributed by atoms with Crippen LogP contribution in [0.1, 0.15) is 23.1 Å². The van der Waals surface area contributed by atoms with E-state index in [4.69, 9.17) is 10.5 Å². The van der Waals surface area contributed by atoms with Crippen LogP contribution in [0.5, 0.6) is 5.75 Å². The number of nitro benzene ring substituents is 1. The number of non-ortho nitro benzene ring substituents is 1. The Morgan fingerprint density at radius 1 is 1.17 bits per heavy atom. The number of nitro groups is 1. The maximum atomic E-state index is 11.1. The molecular weight excluding hydrogens is 308 g/mol. The second-order valence-electron chi connectivity index (χ2n) is 5.37. The average Bonchev–Trinajstić information content (AvgIpc) is 2.60. The number of rotatable bonds is 4. The summed E-state index contributed by atoms with van der Waals surface area (Å²) >= 11 is 0. The Balaban J connectivity index is 2.15. The van der Waals surface area contributed by atoms with Crippen LogP contribution in [-0.2, 0) is 0 Å². The highest BCUT2D eigenvalue weighted by molar-refractivity contribution is 5.84. The summed E-state index contributed by atoms with van der Waals surface area (Å²) in [6, 6.07) is 11.3. The van der Waals surface area contributed by atoms with Gasteiger partial charge in [-0.25, -0.2) is 9.97 Å². The molecule has 0 aliphatic heterocycles. The van der Waals surface area contributed by atoms with Crippen LogP contribution in [0, 0.1) is 17.0 Å². The molecule has 122 valence electrons. The molecule has 0 fully saturated rings. The van der Waals surface area contributed by atoms with Gasteiger partial charge < -0.3 is 10.5 Å². The van der Waals surface area contributed by atoms with Gasteiger partial charge in [-0.2, -0.15) is 0 Å². The molecule has 1 unspecified atom stereocenters. The largest absolute Gasteiger partial charge is 0.497 e. The maximum absolute atomic E-state index is 11.1. The Morgan fingerprint density at radius 3 is 2.50 bits per heavy atom. The summed E-state index contributed by atoms with van der Waals surface area (Å²) in [6.07, 6.45) is 0. The number of hydrogen-bond acceptors (Lipinski definition) is 6. The lowest BCUT2D eigenvalue weighted by Gasteiger charge is -2.15. The molecule has 3 aromatic rings. The molecule has 0 radical (unpaired) electrons. The van der Waals surface area contributed by atoms with Crippen molar-refractivity contribution in [2.75, 3.05) is 7.11 Å². The van der Waals surface area contributed by atoms with E-state index in [0.29, 0.717) is 22.4 Å². The molecule has 0 aliphatic carbocycles. The normalized spacial score (nSPS) is 12.1. The molecule has 2 aromatic carbocycles. The van der Waals surface area contributed by atoms with Crippen LogP contribution < -0.4 is 10.5 Å². The molecule has 1 heterocycles. The van der Waals surface area contributed by atoms with E-state index in [1.54, 1.807) is 20.1 Å². The molecule has 0 saturated carbocycles. The van der Waals surface area contributed by atoms with Gasteiger partial charge in [0.25, 0.3) is 5.69 Å². The Labute approximate surface area is 138 Å². The molecule has 0 bridgehead atoms. The van der Waals surface area contributed by atoms with Gasteiger partial charge in [0.05, 0.1) is 29.3 Å². The first-order valence-electron chi connectivity index (χ1n) is 7.32. The summed E-state index contributed by atoms with van der Waals surface area (Å²) in [6.45, 7) is 1.77. The number of hydrogen-bond donors (Lipinski definition) is 1. The van der Waals surface area contributed by atoms with Crippen molar-refractivity contribution in [1.29, 1.82) is 0 Å². The van der Waals surface area contributed by atoms with Gasteiger partial charge in [0, 0.05) is 17.5 Å². The van der Waals surface area contributed by atoms with E-state index in [-0.39, 0.29) is 5.69 Å². The molecule has 0 amide bonds. The molecule has 0 spiro atoms. The minimum Gasteiger partial charge on any atom is -0.497 e. The predicted octanol–water partition coefficient (Wildman–Crippen LogP) is 2.90. The van der Waals surface area contributed by atoms with E-state index in [1.807, 2.05) is 24.3 Å². The molecule has 3 rings (SSSR count). The van der Waals surface area contributed by atoms with E-state index < -0.39 is 11.0 Å². The third-order valence-electron chi connectivity index (χ3n) is 3.80. The minimum absolute atomic E-state index is 0.0156. The molecule has 1 atom stereocenters. The molecule has 2 N–H and O–H groups in total. The van der Waals surface area contributed by atoms with Gasteiger partial charge in [-0.05, 0) is 30.7 Å². The zero-order valence-corrected chi connectivity index (χ0v) is 13.3. The molecule has 7 heteroatoms. The zero-order chi connectivity index (χ0) is 17.3. The Bertz CT molecular complexity index is 910. The molecular formula is C17H16N4O3. The highest BCUT2D eigenvalue weighted by Crippen LogP contribution is 2.28. The van der Waals surface area contributed by atoms with Crippen LogP contribution in [0.15, 0.2) is 42.5 Å². The van der Waals surface area contributed by atoms with Gasteiger partial charge >= 0.3 is 0 Å². The van der Waals surface area contributed by atoms with Gasteiger partial charge in [-0.3, -0.25) is 10.1 Å². The first-order chi connectivity index (χ1) is 11.5. The Kier molecular flexibility index (Phi) is 4.09. The Hall–Kier alpha value is -3.06. The van der Waals surface area contributed by atoms with Crippen molar-refractivity contribution in [1.82, 2.24) is 9.97 Å². The van der Waals surface area contributed by atoms with E-state index in [1.165, 1.54) is 12.1 Å². The first kappa shape index (κ1) is 15.8. The summed E-state index contributed by atoms with van der Waals surface area (Å²) < 4.78 is 5.14. The van der Waals surface area contributed by atoms with E-state index in [2.05, 4.69) is 9.97 Å². The van der Waals surface area contributed by atoms with Gasteiger partial charge in [0.1, 0.15) is 11.6 Å². The number of aryl methyl sites for hydroxylation is 1. The summed E-state index contributed by atoms with van der Waals surface area (Å²) in [5, 5.41) is 11.6.